The second-order valence-corrected chi connectivity index (χ2v) is 8.18. The number of hydrogen-bond acceptors (Lipinski definition) is 3. The van der Waals surface area contributed by atoms with Gasteiger partial charge in [0.1, 0.15) is 0 Å². The zero-order chi connectivity index (χ0) is 17.9. The lowest BCUT2D eigenvalue weighted by molar-refractivity contribution is 0.689. The van der Waals surface area contributed by atoms with Crippen molar-refractivity contribution >= 4 is 17.4 Å². The molecule has 2 aromatic rings. The third-order valence-electron chi connectivity index (χ3n) is 5.05. The van der Waals surface area contributed by atoms with E-state index in [0.29, 0.717) is 5.92 Å². The highest BCUT2D eigenvalue weighted by Gasteiger charge is 2.28. The number of nitrogens with zero attached hydrogens (tertiary/aromatic N) is 1. The summed E-state index contributed by atoms with van der Waals surface area (Å²) in [5, 5.41) is 3.28. The van der Waals surface area contributed by atoms with Crippen molar-refractivity contribution in [1.29, 1.82) is 0 Å². The Morgan fingerprint density at radius 2 is 1.96 bits per heavy atom. The fourth-order valence-electron chi connectivity index (χ4n) is 3.67. The molecule has 134 valence electrons. The Morgan fingerprint density at radius 1 is 1.12 bits per heavy atom. The van der Waals surface area contributed by atoms with E-state index in [1.807, 2.05) is 18.8 Å². The fourth-order valence-corrected chi connectivity index (χ4v) is 4.83. The van der Waals surface area contributed by atoms with Gasteiger partial charge in [0.05, 0.1) is 11.4 Å². The third kappa shape index (κ3) is 3.46. The first-order chi connectivity index (χ1) is 12.8. The Bertz CT molecular complexity index is 839. The number of fused-ring (bicyclic) bond motifs is 2. The van der Waals surface area contributed by atoms with E-state index >= 15 is 0 Å². The molecule has 0 radical (unpaired) electrons. The highest BCUT2D eigenvalue weighted by Crippen LogP contribution is 2.49. The van der Waals surface area contributed by atoms with E-state index in [2.05, 4.69) is 77.8 Å². The first-order valence-electron chi connectivity index (χ1n) is 9.48. The van der Waals surface area contributed by atoms with Gasteiger partial charge < -0.3 is 10.2 Å². The molecule has 0 aromatic heterocycles. The van der Waals surface area contributed by atoms with Gasteiger partial charge in [-0.1, -0.05) is 67.2 Å². The summed E-state index contributed by atoms with van der Waals surface area (Å²) in [5.74, 6) is 0.617. The molecule has 1 aliphatic carbocycles. The minimum atomic E-state index is 0.617. The first kappa shape index (κ1) is 17.4. The summed E-state index contributed by atoms with van der Waals surface area (Å²) >= 11 is 1.93. The summed E-state index contributed by atoms with van der Waals surface area (Å²) in [7, 11) is 2.03. The smallest absolute Gasteiger partial charge is 0.0553 e. The molecule has 1 heterocycles. The minimum absolute atomic E-state index is 0.617. The van der Waals surface area contributed by atoms with Gasteiger partial charge in [-0.15, -0.1) is 0 Å². The number of anilines is 1. The average Bonchev–Trinajstić information content (AvgIpc) is 2.68. The Morgan fingerprint density at radius 3 is 2.77 bits per heavy atom. The molecule has 4 rings (SSSR count). The lowest BCUT2D eigenvalue weighted by Gasteiger charge is -2.37. The van der Waals surface area contributed by atoms with Crippen LogP contribution in [0.15, 0.2) is 76.2 Å². The molecule has 1 aliphatic heterocycles. The predicted octanol–water partition coefficient (Wildman–Crippen LogP) is 5.68. The lowest BCUT2D eigenvalue weighted by Crippen LogP contribution is -2.30. The summed E-state index contributed by atoms with van der Waals surface area (Å²) in [6.45, 7) is 4.41. The molecule has 2 aliphatic rings. The largest absolute Gasteiger partial charge is 0.340 e. The number of hydrogen-bond donors (Lipinski definition) is 1. The van der Waals surface area contributed by atoms with E-state index in [4.69, 9.17) is 0 Å². The van der Waals surface area contributed by atoms with Crippen molar-refractivity contribution in [3.05, 3.63) is 71.3 Å². The Kier molecular flexibility index (Phi) is 5.18. The maximum Gasteiger partial charge on any atom is 0.0553 e. The summed E-state index contributed by atoms with van der Waals surface area (Å²) in [4.78, 5) is 5.32. The summed E-state index contributed by atoms with van der Waals surface area (Å²) in [6, 6.07) is 17.6. The Hall–Kier alpha value is -1.97. The van der Waals surface area contributed by atoms with Gasteiger partial charge in [0.2, 0.25) is 0 Å². The van der Waals surface area contributed by atoms with E-state index in [1.54, 1.807) is 0 Å². The molecule has 26 heavy (non-hydrogen) atoms. The van der Waals surface area contributed by atoms with Crippen LogP contribution >= 0.6 is 11.8 Å². The van der Waals surface area contributed by atoms with Gasteiger partial charge in [0, 0.05) is 16.3 Å². The molecule has 1 unspecified atom stereocenters. The minimum Gasteiger partial charge on any atom is -0.340 e. The van der Waals surface area contributed by atoms with Gasteiger partial charge in [-0.2, -0.15) is 0 Å². The summed E-state index contributed by atoms with van der Waals surface area (Å²) < 4.78 is 0. The number of benzene rings is 2. The van der Waals surface area contributed by atoms with Gasteiger partial charge in [0.15, 0.2) is 0 Å². The first-order valence-corrected chi connectivity index (χ1v) is 10.3. The van der Waals surface area contributed by atoms with Crippen LogP contribution in [0, 0.1) is 5.92 Å². The van der Waals surface area contributed by atoms with Crippen molar-refractivity contribution < 1.29 is 0 Å². The molecule has 2 nitrogen and oxygen atoms in total. The second-order valence-electron chi connectivity index (χ2n) is 7.09. The van der Waals surface area contributed by atoms with E-state index < -0.39 is 0 Å². The molecule has 2 aromatic carbocycles. The number of thioether (sulfide) groups is 1. The van der Waals surface area contributed by atoms with Crippen LogP contribution in [0.2, 0.25) is 0 Å². The van der Waals surface area contributed by atoms with Gasteiger partial charge in [-0.3, -0.25) is 0 Å². The van der Waals surface area contributed by atoms with E-state index in [0.717, 1.165) is 25.9 Å². The van der Waals surface area contributed by atoms with Gasteiger partial charge in [-0.25, -0.2) is 0 Å². The van der Waals surface area contributed by atoms with Crippen LogP contribution in [0.1, 0.15) is 19.8 Å². The van der Waals surface area contributed by atoms with Gasteiger partial charge >= 0.3 is 0 Å². The second kappa shape index (κ2) is 7.73. The molecule has 1 N–H and O–H groups in total. The monoisotopic (exact) mass is 362 g/mol. The molecular formula is C23H26N2S. The van der Waals surface area contributed by atoms with Crippen molar-refractivity contribution in [2.24, 2.45) is 5.92 Å². The fraction of sp³-hybridized carbons (Fsp3) is 0.304. The zero-order valence-electron chi connectivity index (χ0n) is 15.5. The predicted molar refractivity (Wildman–Crippen MR) is 114 cm³/mol. The molecule has 0 spiro atoms. The molecular weight excluding hydrogens is 336 g/mol. The maximum absolute atomic E-state index is 3.28. The van der Waals surface area contributed by atoms with Crippen LogP contribution in [0.4, 0.5) is 5.69 Å². The standard InChI is InChI=1S/C23H26N2S/c1-17-9-12-22-21(15-17)25(14-6-13-24-2)20-11-10-19(16-23(20)26-22)18-7-4-3-5-8-18/h3-5,7-8,10-12,15-17,24H,6,9,13-14H2,1-2H3. The maximum atomic E-state index is 3.28. The quantitative estimate of drug-likeness (QED) is 0.689. The van der Waals surface area contributed by atoms with Crippen molar-refractivity contribution in [2.45, 2.75) is 24.7 Å². The molecule has 0 bridgehead atoms. The Labute approximate surface area is 161 Å². The van der Waals surface area contributed by atoms with Crippen LogP contribution in [-0.4, -0.2) is 20.1 Å². The SMILES string of the molecule is CNCCCN1C2=CC(C)CC=C2Sc2cc(-c3ccccc3)ccc21. The van der Waals surface area contributed by atoms with Crippen molar-refractivity contribution in [2.75, 3.05) is 25.0 Å². The van der Waals surface area contributed by atoms with E-state index in [1.165, 1.54) is 32.3 Å². The summed E-state index contributed by atoms with van der Waals surface area (Å²) in [5.41, 5.74) is 5.34. The number of allylic oxidation sites excluding steroid dienone is 2. The highest BCUT2D eigenvalue weighted by molar-refractivity contribution is 8.03. The van der Waals surface area contributed by atoms with Crippen molar-refractivity contribution in [3.8, 4) is 11.1 Å². The topological polar surface area (TPSA) is 15.3 Å². The molecule has 0 fully saturated rings. The van der Waals surface area contributed by atoms with Gasteiger partial charge in [-0.05, 0) is 55.6 Å². The molecule has 1 atom stereocenters. The summed E-state index contributed by atoms with van der Waals surface area (Å²) in [6.07, 6.45) is 7.16. The lowest BCUT2D eigenvalue weighted by atomic mass is 9.99. The molecule has 3 heteroatoms. The van der Waals surface area contributed by atoms with Crippen LogP contribution in [0.5, 0.6) is 0 Å². The molecule has 0 amide bonds. The van der Waals surface area contributed by atoms with Crippen LogP contribution < -0.4 is 10.2 Å². The van der Waals surface area contributed by atoms with E-state index in [9.17, 15) is 0 Å². The number of nitrogens with one attached hydrogen (secondary N) is 1. The average molecular weight is 363 g/mol. The van der Waals surface area contributed by atoms with Crippen molar-refractivity contribution in [1.82, 2.24) is 5.32 Å². The normalized spacial score (nSPS) is 18.7. The van der Waals surface area contributed by atoms with Gasteiger partial charge in [0.25, 0.3) is 0 Å². The van der Waals surface area contributed by atoms with Crippen molar-refractivity contribution in [3.63, 3.8) is 0 Å². The third-order valence-corrected chi connectivity index (χ3v) is 6.19. The van der Waals surface area contributed by atoms with Crippen LogP contribution in [0.3, 0.4) is 0 Å². The number of rotatable bonds is 5. The molecule has 0 saturated carbocycles. The van der Waals surface area contributed by atoms with Crippen LogP contribution in [-0.2, 0) is 0 Å². The Balaban J connectivity index is 1.73. The van der Waals surface area contributed by atoms with E-state index in [-0.39, 0.29) is 0 Å². The molecule has 0 saturated heterocycles. The van der Waals surface area contributed by atoms with Crippen LogP contribution in [0.25, 0.3) is 11.1 Å². The zero-order valence-corrected chi connectivity index (χ0v) is 16.4. The highest BCUT2D eigenvalue weighted by atomic mass is 32.2.